The zero-order valence-electron chi connectivity index (χ0n) is 19.7. The van der Waals surface area contributed by atoms with E-state index in [0.717, 1.165) is 22.9 Å². The Kier molecular flexibility index (Phi) is 8.84. The highest BCUT2D eigenvalue weighted by atomic mass is 35.5. The van der Waals surface area contributed by atoms with Gasteiger partial charge in [-0.3, -0.25) is 9.59 Å². The predicted octanol–water partition coefficient (Wildman–Crippen LogP) is 4.70. The number of anilines is 1. The lowest BCUT2D eigenvalue weighted by atomic mass is 10.0. The van der Waals surface area contributed by atoms with Gasteiger partial charge in [-0.15, -0.1) is 12.4 Å². The van der Waals surface area contributed by atoms with Crippen molar-refractivity contribution in [3.05, 3.63) is 63.3 Å². The van der Waals surface area contributed by atoms with Crippen molar-refractivity contribution in [2.45, 2.75) is 62.8 Å². The van der Waals surface area contributed by atoms with E-state index in [-0.39, 0.29) is 48.6 Å². The van der Waals surface area contributed by atoms with E-state index in [1.807, 2.05) is 0 Å². The average molecular weight is 553 g/mol. The van der Waals surface area contributed by atoms with Crippen LogP contribution in [0.5, 0.6) is 0 Å². The number of nitrogens with zero attached hydrogens (tertiary/aromatic N) is 1. The van der Waals surface area contributed by atoms with Crippen molar-refractivity contribution in [2.75, 3.05) is 18.4 Å². The topological polar surface area (TPSA) is 75.2 Å². The molecule has 0 bridgehead atoms. The van der Waals surface area contributed by atoms with Crippen LogP contribution in [0.25, 0.3) is 0 Å². The number of hydrogen-bond acceptors (Lipinski definition) is 4. The largest absolute Gasteiger partial charge is 0.378 e. The van der Waals surface area contributed by atoms with E-state index in [0.29, 0.717) is 13.0 Å². The summed E-state index contributed by atoms with van der Waals surface area (Å²) < 4.78 is 83.5. The fourth-order valence-corrected chi connectivity index (χ4v) is 4.48. The summed E-state index contributed by atoms with van der Waals surface area (Å²) in [6.07, 6.45) is -5.81. The van der Waals surface area contributed by atoms with Crippen LogP contribution in [0.15, 0.2) is 35.3 Å². The Morgan fingerprint density at radius 1 is 1.19 bits per heavy atom. The molecule has 1 aliphatic heterocycles. The first-order valence-corrected chi connectivity index (χ1v) is 11.6. The van der Waals surface area contributed by atoms with Gasteiger partial charge in [-0.2, -0.15) is 0 Å². The normalized spacial score (nSPS) is 21.3. The Labute approximate surface area is 215 Å². The van der Waals surface area contributed by atoms with Crippen LogP contribution < -0.4 is 21.5 Å². The van der Waals surface area contributed by atoms with Crippen LogP contribution in [-0.2, 0) is 5.54 Å². The van der Waals surface area contributed by atoms with E-state index >= 15 is 0 Å². The lowest BCUT2D eigenvalue weighted by molar-refractivity contribution is 0.0648. The van der Waals surface area contributed by atoms with Crippen molar-refractivity contribution >= 4 is 24.0 Å². The van der Waals surface area contributed by atoms with Gasteiger partial charge in [-0.25, -0.2) is 26.3 Å². The van der Waals surface area contributed by atoms with Crippen LogP contribution in [0.4, 0.5) is 32.0 Å². The van der Waals surface area contributed by atoms with Crippen molar-refractivity contribution < 1.29 is 31.1 Å². The molecule has 2 aliphatic rings. The number of halogens is 7. The smallest absolute Gasteiger partial charge is 0.266 e. The maximum absolute atomic E-state index is 14.6. The van der Waals surface area contributed by atoms with Crippen molar-refractivity contribution in [3.63, 3.8) is 0 Å². The third-order valence-electron chi connectivity index (χ3n) is 6.80. The number of piperidine rings is 1. The van der Waals surface area contributed by atoms with Gasteiger partial charge in [0.05, 0.1) is 28.9 Å². The quantitative estimate of drug-likeness (QED) is 0.415. The molecular formula is C24H27ClF6N4O2. The molecule has 37 heavy (non-hydrogen) atoms. The monoisotopic (exact) mass is 552 g/mol. The van der Waals surface area contributed by atoms with E-state index in [1.54, 1.807) is 0 Å². The molecule has 2 fully saturated rings. The van der Waals surface area contributed by atoms with Gasteiger partial charge < -0.3 is 20.5 Å². The van der Waals surface area contributed by atoms with Gasteiger partial charge in [-0.1, -0.05) is 18.2 Å². The minimum atomic E-state index is -3.06. The Balaban J connectivity index is 0.00000380. The summed E-state index contributed by atoms with van der Waals surface area (Å²) in [5.41, 5.74) is -3.80. The van der Waals surface area contributed by atoms with Crippen LogP contribution >= 0.6 is 12.4 Å². The van der Waals surface area contributed by atoms with E-state index in [4.69, 9.17) is 0 Å². The second-order valence-electron chi connectivity index (χ2n) is 9.22. The molecule has 1 aromatic heterocycles. The number of benzene rings is 1. The Morgan fingerprint density at radius 3 is 2.46 bits per heavy atom. The summed E-state index contributed by atoms with van der Waals surface area (Å²) in [7, 11) is 0. The van der Waals surface area contributed by atoms with Crippen LogP contribution in [0.2, 0.25) is 0 Å². The number of pyridine rings is 1. The first-order chi connectivity index (χ1) is 17.0. The number of nitrogens with one attached hydrogen (secondary N) is 3. The molecule has 2 heterocycles. The number of hydrogen-bond donors (Lipinski definition) is 3. The molecule has 3 atom stereocenters. The molecule has 1 unspecified atom stereocenters. The first-order valence-electron chi connectivity index (χ1n) is 11.6. The summed E-state index contributed by atoms with van der Waals surface area (Å²) in [6.45, 7) is 1.92. The van der Waals surface area contributed by atoms with Crippen molar-refractivity contribution in [1.29, 1.82) is 0 Å². The van der Waals surface area contributed by atoms with E-state index < -0.39 is 59.5 Å². The molecule has 3 N–H and O–H groups in total. The van der Waals surface area contributed by atoms with Crippen LogP contribution in [0.3, 0.4) is 0 Å². The van der Waals surface area contributed by atoms with Gasteiger partial charge in [0.15, 0.2) is 0 Å². The van der Waals surface area contributed by atoms with Gasteiger partial charge in [0.2, 0.25) is 0 Å². The van der Waals surface area contributed by atoms with Crippen molar-refractivity contribution in [3.8, 4) is 0 Å². The maximum Gasteiger partial charge on any atom is 0.266 e. The minimum Gasteiger partial charge on any atom is -0.378 e. The summed E-state index contributed by atoms with van der Waals surface area (Å²) >= 11 is 0. The Bertz CT molecular complexity index is 1190. The van der Waals surface area contributed by atoms with E-state index in [2.05, 4.69) is 16.0 Å². The SMILES string of the molecule is CC(NC(=O)c1cn(C2(C(F)F)CC2)c(=O)cc1N[C@@H]1CCNC[C@@H]1F)c1cccc(C(F)F)c1F.Cl. The lowest BCUT2D eigenvalue weighted by Gasteiger charge is -2.29. The highest BCUT2D eigenvalue weighted by Gasteiger charge is 2.53. The molecule has 6 nitrogen and oxygen atoms in total. The molecule has 13 heteroatoms. The summed E-state index contributed by atoms with van der Waals surface area (Å²) in [6, 6.07) is 2.56. The lowest BCUT2D eigenvalue weighted by Crippen LogP contribution is -2.46. The second kappa shape index (κ2) is 11.3. The van der Waals surface area contributed by atoms with Gasteiger partial charge >= 0.3 is 0 Å². The highest BCUT2D eigenvalue weighted by Crippen LogP contribution is 2.48. The van der Waals surface area contributed by atoms with Crippen molar-refractivity contribution in [2.24, 2.45) is 0 Å². The highest BCUT2D eigenvalue weighted by molar-refractivity contribution is 5.99. The van der Waals surface area contributed by atoms with E-state index in [9.17, 15) is 35.9 Å². The average Bonchev–Trinajstić information content (AvgIpc) is 3.62. The molecule has 1 saturated carbocycles. The zero-order chi connectivity index (χ0) is 26.2. The van der Waals surface area contributed by atoms with Gasteiger partial charge in [0, 0.05) is 24.4 Å². The summed E-state index contributed by atoms with van der Waals surface area (Å²) in [5.74, 6) is -2.04. The van der Waals surface area contributed by atoms with Gasteiger partial charge in [0.1, 0.15) is 17.5 Å². The molecule has 0 radical (unpaired) electrons. The number of alkyl halides is 5. The Morgan fingerprint density at radius 2 is 1.86 bits per heavy atom. The van der Waals surface area contributed by atoms with Gasteiger partial charge in [-0.05, 0) is 32.7 Å². The predicted molar refractivity (Wildman–Crippen MR) is 128 cm³/mol. The fraction of sp³-hybridized carbons (Fsp3) is 0.500. The molecule has 1 amide bonds. The van der Waals surface area contributed by atoms with Crippen molar-refractivity contribution in [1.82, 2.24) is 15.2 Å². The number of carbonyl (C=O) groups is 1. The molecule has 2 aromatic rings. The first kappa shape index (κ1) is 28.8. The molecule has 1 saturated heterocycles. The molecule has 1 aliphatic carbocycles. The van der Waals surface area contributed by atoms with Crippen LogP contribution in [0.1, 0.15) is 60.1 Å². The minimum absolute atomic E-state index is 0. The standard InChI is InChI=1S/C24H26F6N4O2.ClH/c1-12(13-3-2-4-14(20(13)26)21(27)28)32-22(36)15-11-34(24(6-7-24)23(29)30)19(35)9-18(15)33-17-5-8-31-10-16(17)25;/h2-4,9,11-12,16-17,21,23,31,33H,5-8,10H2,1H3,(H,32,36);1H/t12?,16-,17+;/m0./s1. The number of rotatable bonds is 8. The molecule has 0 spiro atoms. The van der Waals surface area contributed by atoms with E-state index in [1.165, 1.54) is 19.1 Å². The number of aromatic nitrogens is 1. The van der Waals surface area contributed by atoms with Gasteiger partial charge in [0.25, 0.3) is 24.3 Å². The third kappa shape index (κ3) is 5.74. The third-order valence-corrected chi connectivity index (χ3v) is 6.80. The van der Waals surface area contributed by atoms with Crippen LogP contribution in [0, 0.1) is 5.82 Å². The number of amides is 1. The zero-order valence-corrected chi connectivity index (χ0v) is 20.6. The Hall–Kier alpha value is -2.73. The molecular weight excluding hydrogens is 526 g/mol. The maximum atomic E-state index is 14.6. The molecule has 4 rings (SSSR count). The molecule has 1 aromatic carbocycles. The molecule has 204 valence electrons. The summed E-state index contributed by atoms with van der Waals surface area (Å²) in [5, 5.41) is 8.21. The second-order valence-corrected chi connectivity index (χ2v) is 9.22. The fourth-order valence-electron chi connectivity index (χ4n) is 4.48. The van der Waals surface area contributed by atoms with Crippen LogP contribution in [-0.4, -0.2) is 42.2 Å². The summed E-state index contributed by atoms with van der Waals surface area (Å²) in [4.78, 5) is 26.0. The number of carbonyl (C=O) groups excluding carboxylic acids is 1.